The maximum Gasteiger partial charge on any atom is 0.234 e. The molecule has 0 fully saturated rings. The summed E-state index contributed by atoms with van der Waals surface area (Å²) in [4.78, 5) is 28.6. The Labute approximate surface area is 180 Å². The molecule has 5 nitrogen and oxygen atoms in total. The van der Waals surface area contributed by atoms with Crippen LogP contribution < -0.4 is 10.6 Å². The van der Waals surface area contributed by atoms with Gasteiger partial charge in [-0.05, 0) is 48.9 Å². The molecule has 1 aromatic heterocycles. The summed E-state index contributed by atoms with van der Waals surface area (Å²) in [5.41, 5.74) is 2.76. The molecule has 0 unspecified atom stereocenters. The maximum atomic E-state index is 12.9. The lowest BCUT2D eigenvalue weighted by atomic mass is 10.2. The third kappa shape index (κ3) is 6.56. The number of thioether (sulfide) groups is 1. The number of thiazole rings is 1. The molecule has 150 valence electrons. The number of amides is 2. The van der Waals surface area contributed by atoms with Gasteiger partial charge in [-0.15, -0.1) is 11.3 Å². The normalized spacial score (nSPS) is 10.6. The average Bonchev–Trinajstić information content (AvgIpc) is 3.12. The lowest BCUT2D eigenvalue weighted by Gasteiger charge is -2.08. The largest absolute Gasteiger partial charge is 0.325 e. The number of carbonyl (C=O) groups excluding carboxylic acids is 2. The molecule has 29 heavy (non-hydrogen) atoms. The Morgan fingerprint density at radius 1 is 1.14 bits per heavy atom. The average molecular weight is 450 g/mol. The van der Waals surface area contributed by atoms with Crippen molar-refractivity contribution in [1.29, 1.82) is 0 Å². The number of rotatable bonds is 7. The third-order valence-electron chi connectivity index (χ3n) is 3.80. The lowest BCUT2D eigenvalue weighted by molar-refractivity contribution is -0.116. The molecule has 2 aromatic carbocycles. The van der Waals surface area contributed by atoms with Crippen LogP contribution in [0.1, 0.15) is 11.3 Å². The van der Waals surface area contributed by atoms with Crippen molar-refractivity contribution in [3.63, 3.8) is 0 Å². The van der Waals surface area contributed by atoms with Crippen LogP contribution in [0.15, 0.2) is 52.2 Å². The molecule has 0 saturated heterocycles. The Hall–Kier alpha value is -2.42. The van der Waals surface area contributed by atoms with E-state index in [4.69, 9.17) is 11.6 Å². The molecule has 9 heteroatoms. The molecule has 0 radical (unpaired) electrons. The van der Waals surface area contributed by atoms with Gasteiger partial charge in [0, 0.05) is 21.8 Å². The van der Waals surface area contributed by atoms with Gasteiger partial charge in [0.15, 0.2) is 4.34 Å². The first-order valence-corrected chi connectivity index (χ1v) is 10.8. The molecular formula is C20H17ClFN3O2S2. The number of hydrogen-bond donors (Lipinski definition) is 2. The number of hydrogen-bond acceptors (Lipinski definition) is 5. The first kappa shape index (κ1) is 21.3. The molecule has 0 bridgehead atoms. The van der Waals surface area contributed by atoms with Gasteiger partial charge in [0.25, 0.3) is 0 Å². The van der Waals surface area contributed by atoms with Crippen molar-refractivity contribution in [1.82, 2.24) is 4.98 Å². The zero-order chi connectivity index (χ0) is 20.8. The lowest BCUT2D eigenvalue weighted by Crippen LogP contribution is -2.15. The van der Waals surface area contributed by atoms with Crippen LogP contribution in [-0.2, 0) is 16.0 Å². The van der Waals surface area contributed by atoms with Crippen LogP contribution in [-0.4, -0.2) is 22.6 Å². The summed E-state index contributed by atoms with van der Waals surface area (Å²) in [5, 5.41) is 7.87. The second-order valence-corrected chi connectivity index (χ2v) is 8.65. The summed E-state index contributed by atoms with van der Waals surface area (Å²) in [7, 11) is 0. The predicted molar refractivity (Wildman–Crippen MR) is 116 cm³/mol. The highest BCUT2D eigenvalue weighted by molar-refractivity contribution is 8.01. The van der Waals surface area contributed by atoms with E-state index in [1.54, 1.807) is 17.5 Å². The van der Waals surface area contributed by atoms with Crippen LogP contribution >= 0.6 is 34.7 Å². The molecule has 3 aromatic rings. The van der Waals surface area contributed by atoms with Gasteiger partial charge in [0.05, 0.1) is 17.9 Å². The maximum absolute atomic E-state index is 12.9. The van der Waals surface area contributed by atoms with Crippen molar-refractivity contribution in [2.24, 2.45) is 0 Å². The minimum Gasteiger partial charge on any atom is -0.325 e. The minimum atomic E-state index is -0.359. The van der Waals surface area contributed by atoms with Crippen molar-refractivity contribution in [3.8, 4) is 0 Å². The van der Waals surface area contributed by atoms with E-state index < -0.39 is 0 Å². The Bertz CT molecular complexity index is 1020. The predicted octanol–water partition coefficient (Wildman–Crippen LogP) is 5.16. The third-order valence-corrected chi connectivity index (χ3v) is 6.11. The number of aromatic nitrogens is 1. The zero-order valence-electron chi connectivity index (χ0n) is 15.4. The van der Waals surface area contributed by atoms with Crippen LogP contribution in [0.2, 0.25) is 5.02 Å². The topological polar surface area (TPSA) is 71.1 Å². The van der Waals surface area contributed by atoms with Gasteiger partial charge in [0.1, 0.15) is 5.82 Å². The fourth-order valence-electron chi connectivity index (χ4n) is 2.38. The van der Waals surface area contributed by atoms with E-state index in [1.165, 1.54) is 47.4 Å². The fraction of sp³-hybridized carbons (Fsp3) is 0.150. The van der Waals surface area contributed by atoms with Crippen molar-refractivity contribution in [3.05, 3.63) is 69.9 Å². The highest BCUT2D eigenvalue weighted by Crippen LogP contribution is 2.24. The fourth-order valence-corrected chi connectivity index (χ4v) is 4.20. The van der Waals surface area contributed by atoms with E-state index in [0.717, 1.165) is 5.56 Å². The quantitative estimate of drug-likeness (QED) is 0.489. The molecule has 2 N–H and O–H groups in total. The van der Waals surface area contributed by atoms with Gasteiger partial charge >= 0.3 is 0 Å². The monoisotopic (exact) mass is 449 g/mol. The van der Waals surface area contributed by atoms with Crippen LogP contribution in [0.4, 0.5) is 15.8 Å². The van der Waals surface area contributed by atoms with Crippen molar-refractivity contribution in [2.45, 2.75) is 17.7 Å². The number of nitrogens with zero attached hydrogens (tertiary/aromatic N) is 1. The van der Waals surface area contributed by atoms with Crippen LogP contribution in [0.5, 0.6) is 0 Å². The number of carbonyl (C=O) groups is 2. The Kier molecular flexibility index (Phi) is 7.24. The molecule has 0 aliphatic heterocycles. The molecule has 0 aliphatic carbocycles. The molecule has 0 saturated carbocycles. The number of halogens is 2. The smallest absolute Gasteiger partial charge is 0.234 e. The highest BCUT2D eigenvalue weighted by atomic mass is 35.5. The van der Waals surface area contributed by atoms with Crippen molar-refractivity contribution in [2.75, 3.05) is 16.4 Å². The van der Waals surface area contributed by atoms with Gasteiger partial charge in [0.2, 0.25) is 11.8 Å². The van der Waals surface area contributed by atoms with E-state index in [2.05, 4.69) is 15.6 Å². The molecular weight excluding hydrogens is 433 g/mol. The highest BCUT2D eigenvalue weighted by Gasteiger charge is 2.11. The SMILES string of the molecule is Cc1ccc(Cl)cc1NC(=O)Cc1csc(SCC(=O)Nc2ccc(F)cc2)n1. The number of aryl methyl sites for hydroxylation is 1. The standard InChI is InChI=1S/C20H17ClFN3O2S2/c1-12-2-3-13(21)8-17(12)25-18(26)9-16-10-28-20(24-16)29-11-19(27)23-15-6-4-14(22)5-7-15/h2-8,10H,9,11H2,1H3,(H,23,27)(H,25,26). The van der Waals surface area contributed by atoms with Gasteiger partial charge in [-0.1, -0.05) is 29.4 Å². The minimum absolute atomic E-state index is 0.130. The van der Waals surface area contributed by atoms with E-state index in [9.17, 15) is 14.0 Å². The van der Waals surface area contributed by atoms with E-state index in [-0.39, 0.29) is 29.8 Å². The van der Waals surface area contributed by atoms with Gasteiger partial charge in [-0.2, -0.15) is 0 Å². The number of anilines is 2. The second-order valence-electron chi connectivity index (χ2n) is 6.13. The summed E-state index contributed by atoms with van der Waals surface area (Å²) in [6.07, 6.45) is 0.130. The van der Waals surface area contributed by atoms with E-state index in [1.807, 2.05) is 13.0 Å². The number of benzene rings is 2. The molecule has 0 atom stereocenters. The van der Waals surface area contributed by atoms with E-state index in [0.29, 0.717) is 26.4 Å². The first-order chi connectivity index (χ1) is 13.9. The summed E-state index contributed by atoms with van der Waals surface area (Å²) in [5.74, 6) is -0.598. The summed E-state index contributed by atoms with van der Waals surface area (Å²) in [6, 6.07) is 10.9. The second kappa shape index (κ2) is 9.87. The van der Waals surface area contributed by atoms with Crippen molar-refractivity contribution < 1.29 is 14.0 Å². The Morgan fingerprint density at radius 2 is 1.90 bits per heavy atom. The molecule has 0 aliphatic rings. The van der Waals surface area contributed by atoms with Crippen LogP contribution in [0.25, 0.3) is 0 Å². The molecule has 2 amide bonds. The van der Waals surface area contributed by atoms with Crippen LogP contribution in [0.3, 0.4) is 0 Å². The first-order valence-electron chi connectivity index (χ1n) is 8.57. The summed E-state index contributed by atoms with van der Waals surface area (Å²) in [6.45, 7) is 1.89. The summed E-state index contributed by atoms with van der Waals surface area (Å²) < 4.78 is 13.6. The molecule has 3 rings (SSSR count). The van der Waals surface area contributed by atoms with Crippen LogP contribution in [0, 0.1) is 12.7 Å². The van der Waals surface area contributed by atoms with Gasteiger partial charge in [-0.25, -0.2) is 9.37 Å². The number of nitrogens with one attached hydrogen (secondary N) is 2. The summed E-state index contributed by atoms with van der Waals surface area (Å²) >= 11 is 8.62. The Morgan fingerprint density at radius 3 is 2.66 bits per heavy atom. The van der Waals surface area contributed by atoms with Crippen molar-refractivity contribution >= 4 is 57.9 Å². The molecule has 0 spiro atoms. The van der Waals surface area contributed by atoms with Gasteiger partial charge in [-0.3, -0.25) is 9.59 Å². The van der Waals surface area contributed by atoms with Gasteiger partial charge < -0.3 is 10.6 Å². The molecule has 1 heterocycles. The Balaban J connectivity index is 1.48. The zero-order valence-corrected chi connectivity index (χ0v) is 17.8. The van der Waals surface area contributed by atoms with E-state index >= 15 is 0 Å².